The molecule has 2 heterocycles. The molecular formula is C20H20BN3O2S. The predicted octanol–water partition coefficient (Wildman–Crippen LogP) is 4.21. The molecule has 5 nitrogen and oxygen atoms in total. The number of anilines is 2. The molecule has 136 valence electrons. The number of nitriles is 1. The molecular weight excluding hydrogens is 357 g/mol. The second-order valence-electron chi connectivity index (χ2n) is 7.65. The summed E-state index contributed by atoms with van der Waals surface area (Å²) in [6.45, 7) is 8.20. The Morgan fingerprint density at radius 3 is 2.33 bits per heavy atom. The number of thiazole rings is 1. The molecule has 1 aliphatic heterocycles. The molecule has 0 saturated carbocycles. The zero-order chi connectivity index (χ0) is 19.2. The van der Waals surface area contributed by atoms with Crippen LogP contribution in [-0.2, 0) is 9.31 Å². The molecule has 1 aromatic heterocycles. The fourth-order valence-corrected chi connectivity index (χ4v) is 3.80. The van der Waals surface area contributed by atoms with Crippen molar-refractivity contribution in [1.82, 2.24) is 4.98 Å². The monoisotopic (exact) mass is 377 g/mol. The van der Waals surface area contributed by atoms with E-state index >= 15 is 0 Å². The van der Waals surface area contributed by atoms with Crippen molar-refractivity contribution in [2.75, 3.05) is 5.32 Å². The zero-order valence-corrected chi connectivity index (χ0v) is 16.6. The van der Waals surface area contributed by atoms with E-state index < -0.39 is 0 Å². The first-order valence-corrected chi connectivity index (χ1v) is 9.62. The third-order valence-electron chi connectivity index (χ3n) is 5.20. The van der Waals surface area contributed by atoms with E-state index in [1.807, 2.05) is 64.1 Å². The zero-order valence-electron chi connectivity index (χ0n) is 15.7. The quantitative estimate of drug-likeness (QED) is 0.693. The normalized spacial score (nSPS) is 17.8. The van der Waals surface area contributed by atoms with E-state index in [9.17, 15) is 0 Å². The van der Waals surface area contributed by atoms with Gasteiger partial charge in [0.1, 0.15) is 0 Å². The summed E-state index contributed by atoms with van der Waals surface area (Å²) in [4.78, 5) is 4.57. The summed E-state index contributed by atoms with van der Waals surface area (Å²) in [5.41, 5.74) is 2.76. The first-order chi connectivity index (χ1) is 12.8. The molecule has 4 rings (SSSR count). The van der Waals surface area contributed by atoms with Gasteiger partial charge in [-0.05, 0) is 63.5 Å². The molecule has 0 spiro atoms. The number of nitrogens with zero attached hydrogens (tertiary/aromatic N) is 2. The minimum Gasteiger partial charge on any atom is -0.399 e. The summed E-state index contributed by atoms with van der Waals surface area (Å²) in [6.07, 6.45) is 0. The van der Waals surface area contributed by atoms with Crippen LogP contribution in [0.25, 0.3) is 10.2 Å². The van der Waals surface area contributed by atoms with Crippen LogP contribution < -0.4 is 10.8 Å². The molecule has 7 heteroatoms. The lowest BCUT2D eigenvalue weighted by molar-refractivity contribution is 0.00578. The lowest BCUT2D eigenvalue weighted by Crippen LogP contribution is -2.41. The third kappa shape index (κ3) is 3.32. The van der Waals surface area contributed by atoms with Crippen LogP contribution in [0.2, 0.25) is 0 Å². The average Bonchev–Trinajstić information content (AvgIpc) is 3.11. The second kappa shape index (κ2) is 6.34. The van der Waals surface area contributed by atoms with Crippen molar-refractivity contribution in [3.8, 4) is 6.07 Å². The Balaban J connectivity index is 1.51. The summed E-state index contributed by atoms with van der Waals surface area (Å²) >= 11 is 1.53. The second-order valence-corrected chi connectivity index (χ2v) is 8.68. The molecule has 0 bridgehead atoms. The largest absolute Gasteiger partial charge is 0.494 e. The van der Waals surface area contributed by atoms with Crippen molar-refractivity contribution < 1.29 is 9.31 Å². The number of fused-ring (bicyclic) bond motifs is 1. The standard InChI is InChI=1S/C20H20BN3O2S/c1-19(2)20(3,4)26-21(25-19)14-6-8-15(9-7-14)23-18-24-16-10-5-13(12-22)11-17(16)27-18/h5-11H,1-4H3,(H,23,24). The summed E-state index contributed by atoms with van der Waals surface area (Å²) in [5.74, 6) is 0. The maximum absolute atomic E-state index is 9.02. The van der Waals surface area contributed by atoms with Gasteiger partial charge in [-0.1, -0.05) is 23.5 Å². The van der Waals surface area contributed by atoms with Gasteiger partial charge < -0.3 is 14.6 Å². The highest BCUT2D eigenvalue weighted by molar-refractivity contribution is 7.22. The number of rotatable bonds is 3. The van der Waals surface area contributed by atoms with E-state index in [1.54, 1.807) is 6.07 Å². The summed E-state index contributed by atoms with van der Waals surface area (Å²) in [7, 11) is -0.365. The summed E-state index contributed by atoms with van der Waals surface area (Å²) < 4.78 is 13.2. The molecule has 27 heavy (non-hydrogen) atoms. The molecule has 1 N–H and O–H groups in total. The minimum atomic E-state index is -0.365. The van der Waals surface area contributed by atoms with Gasteiger partial charge in [0.05, 0.1) is 33.1 Å². The molecule has 0 atom stereocenters. The van der Waals surface area contributed by atoms with Crippen LogP contribution >= 0.6 is 11.3 Å². The summed E-state index contributed by atoms with van der Waals surface area (Å²) in [5, 5.41) is 13.1. The fraction of sp³-hybridized carbons (Fsp3) is 0.300. The van der Waals surface area contributed by atoms with Crippen molar-refractivity contribution in [2.45, 2.75) is 38.9 Å². The van der Waals surface area contributed by atoms with Crippen LogP contribution in [0, 0.1) is 11.3 Å². The number of aromatic nitrogens is 1. The minimum absolute atomic E-state index is 0.349. The third-order valence-corrected chi connectivity index (χ3v) is 6.14. The van der Waals surface area contributed by atoms with Gasteiger partial charge in [-0.3, -0.25) is 0 Å². The Morgan fingerprint density at radius 2 is 1.70 bits per heavy atom. The van der Waals surface area contributed by atoms with Crippen molar-refractivity contribution in [1.29, 1.82) is 5.26 Å². The highest BCUT2D eigenvalue weighted by Gasteiger charge is 2.51. The van der Waals surface area contributed by atoms with Crippen molar-refractivity contribution in [3.63, 3.8) is 0 Å². The van der Waals surface area contributed by atoms with Crippen LogP contribution in [0.1, 0.15) is 33.3 Å². The molecule has 1 fully saturated rings. The Bertz CT molecular complexity index is 1020. The SMILES string of the molecule is CC1(C)OB(c2ccc(Nc3nc4ccc(C#N)cc4s3)cc2)OC1(C)C. The van der Waals surface area contributed by atoms with Crippen LogP contribution in [0.15, 0.2) is 42.5 Å². The molecule has 0 aliphatic carbocycles. The smallest absolute Gasteiger partial charge is 0.399 e. The Labute approximate surface area is 163 Å². The molecule has 0 unspecified atom stereocenters. The van der Waals surface area contributed by atoms with Gasteiger partial charge in [-0.25, -0.2) is 4.98 Å². The first-order valence-electron chi connectivity index (χ1n) is 8.81. The molecule has 1 saturated heterocycles. The highest BCUT2D eigenvalue weighted by Crippen LogP contribution is 2.36. The summed E-state index contributed by atoms with van der Waals surface area (Å²) in [6, 6.07) is 15.7. The lowest BCUT2D eigenvalue weighted by atomic mass is 9.79. The Morgan fingerprint density at radius 1 is 1.04 bits per heavy atom. The van der Waals surface area contributed by atoms with Gasteiger partial charge in [0.2, 0.25) is 0 Å². The van der Waals surface area contributed by atoms with E-state index in [1.165, 1.54) is 11.3 Å². The van der Waals surface area contributed by atoms with E-state index in [2.05, 4.69) is 16.4 Å². The number of nitrogens with one attached hydrogen (secondary N) is 1. The topological polar surface area (TPSA) is 67.2 Å². The van der Waals surface area contributed by atoms with Gasteiger partial charge in [0.25, 0.3) is 0 Å². The maximum atomic E-state index is 9.02. The van der Waals surface area contributed by atoms with Gasteiger partial charge in [-0.15, -0.1) is 0 Å². The van der Waals surface area contributed by atoms with Gasteiger partial charge >= 0.3 is 7.12 Å². The van der Waals surface area contributed by atoms with E-state index in [0.29, 0.717) is 5.56 Å². The number of hydrogen-bond donors (Lipinski definition) is 1. The van der Waals surface area contributed by atoms with Crippen molar-refractivity contribution >= 4 is 45.0 Å². The van der Waals surface area contributed by atoms with Crippen LogP contribution in [0.4, 0.5) is 10.8 Å². The number of hydrogen-bond acceptors (Lipinski definition) is 6. The average molecular weight is 377 g/mol. The van der Waals surface area contributed by atoms with Gasteiger partial charge in [0.15, 0.2) is 5.13 Å². The lowest BCUT2D eigenvalue weighted by Gasteiger charge is -2.32. The van der Waals surface area contributed by atoms with E-state index in [4.69, 9.17) is 14.6 Å². The van der Waals surface area contributed by atoms with Crippen LogP contribution in [-0.4, -0.2) is 23.3 Å². The van der Waals surface area contributed by atoms with Crippen LogP contribution in [0.3, 0.4) is 0 Å². The van der Waals surface area contributed by atoms with Gasteiger partial charge in [0, 0.05) is 5.69 Å². The maximum Gasteiger partial charge on any atom is 0.494 e. The molecule has 0 radical (unpaired) electrons. The fourth-order valence-electron chi connectivity index (χ4n) is 2.87. The van der Waals surface area contributed by atoms with E-state index in [0.717, 1.165) is 26.5 Å². The molecule has 2 aromatic carbocycles. The highest BCUT2D eigenvalue weighted by atomic mass is 32.1. The van der Waals surface area contributed by atoms with Crippen molar-refractivity contribution in [3.05, 3.63) is 48.0 Å². The predicted molar refractivity (Wildman–Crippen MR) is 110 cm³/mol. The first kappa shape index (κ1) is 18.0. The molecule has 0 amide bonds. The molecule has 3 aromatic rings. The Kier molecular flexibility index (Phi) is 4.23. The number of benzene rings is 2. The molecule has 1 aliphatic rings. The van der Waals surface area contributed by atoms with Gasteiger partial charge in [-0.2, -0.15) is 5.26 Å². The van der Waals surface area contributed by atoms with E-state index in [-0.39, 0.29) is 18.3 Å². The van der Waals surface area contributed by atoms with Crippen LogP contribution in [0.5, 0.6) is 0 Å². The Hall–Kier alpha value is -2.40. The van der Waals surface area contributed by atoms with Crippen molar-refractivity contribution in [2.24, 2.45) is 0 Å².